The van der Waals surface area contributed by atoms with Crippen LogP contribution in [0.15, 0.2) is 31.1 Å². The number of hydrogen-bond donors (Lipinski definition) is 0. The number of rotatable bonds is 2. The molecule has 0 saturated carbocycles. The van der Waals surface area contributed by atoms with Gasteiger partial charge in [0.15, 0.2) is 18.1 Å². The third-order valence-corrected chi connectivity index (χ3v) is 3.13. The summed E-state index contributed by atoms with van der Waals surface area (Å²) in [4.78, 5) is 2.07. The Morgan fingerprint density at radius 1 is 1.00 bits per heavy atom. The van der Waals surface area contributed by atoms with Gasteiger partial charge >= 0.3 is 13.9 Å². The maximum absolute atomic E-state index is 2.20. The van der Waals surface area contributed by atoms with Gasteiger partial charge in [0, 0.05) is 20.8 Å². The van der Waals surface area contributed by atoms with Crippen LogP contribution in [0.2, 0.25) is 0 Å². The molecule has 1 aromatic rings. The van der Waals surface area contributed by atoms with Crippen molar-refractivity contribution in [3.8, 4) is 0 Å². The van der Waals surface area contributed by atoms with Crippen LogP contribution in [-0.4, -0.2) is 28.6 Å². The Hall–Kier alpha value is -1.36. The summed E-state index contributed by atoms with van der Waals surface area (Å²) in [5.41, 5.74) is 0.224. The summed E-state index contributed by atoms with van der Waals surface area (Å²) >= 11 is 0. The lowest BCUT2D eigenvalue weighted by molar-refractivity contribution is -0.535. The van der Waals surface area contributed by atoms with Crippen molar-refractivity contribution in [2.45, 2.75) is 52.6 Å². The van der Waals surface area contributed by atoms with Crippen LogP contribution in [0.25, 0.3) is 0 Å². The lowest BCUT2D eigenvalue weighted by Crippen LogP contribution is -2.50. The quantitative estimate of drug-likeness (QED) is 0.564. The van der Waals surface area contributed by atoms with Crippen molar-refractivity contribution in [3.63, 3.8) is 0 Å². The Bertz CT molecular complexity index is 514. The zero-order valence-corrected chi connectivity index (χ0v) is 12.8. The van der Waals surface area contributed by atoms with Crippen molar-refractivity contribution in [2.24, 2.45) is 0 Å². The number of hydrogen-bond acceptors (Lipinski definition) is 1. The Balaban J connectivity index is 2.06. The molecule has 5 heteroatoms. The third kappa shape index (κ3) is 3.35. The monoisotopic (exact) mass is 259 g/mol. The van der Waals surface area contributed by atoms with Crippen molar-refractivity contribution < 1.29 is 9.05 Å². The van der Waals surface area contributed by atoms with E-state index in [0.29, 0.717) is 0 Å². The molecule has 101 valence electrons. The number of nitrogens with zero attached hydrogens (tertiary/aromatic N) is 4. The van der Waals surface area contributed by atoms with Gasteiger partial charge in [-0.2, -0.15) is 0 Å². The van der Waals surface area contributed by atoms with E-state index in [9.17, 15) is 0 Å². The fourth-order valence-corrected chi connectivity index (χ4v) is 1.82. The van der Waals surface area contributed by atoms with Crippen LogP contribution in [0.4, 0.5) is 0 Å². The third-order valence-electron chi connectivity index (χ3n) is 3.13. The minimum atomic E-state index is 0.112. The molecule has 0 fully saturated rings. The molecule has 0 bridgehead atoms. The molecule has 4 nitrogen and oxygen atoms in total. The molecular formula is C14H24BN4+2. The summed E-state index contributed by atoms with van der Waals surface area (Å²) in [5, 5.41) is 0. The van der Waals surface area contributed by atoms with E-state index in [4.69, 9.17) is 0 Å². The molecule has 0 amide bonds. The number of aromatic nitrogens is 2. The maximum Gasteiger partial charge on any atom is 0.346 e. The van der Waals surface area contributed by atoms with Crippen molar-refractivity contribution in [3.05, 3.63) is 31.1 Å². The highest BCUT2D eigenvalue weighted by Gasteiger charge is 2.29. The van der Waals surface area contributed by atoms with Crippen LogP contribution >= 0.6 is 0 Å². The fraction of sp³-hybridized carbons (Fsp3) is 0.571. The lowest BCUT2D eigenvalue weighted by Gasteiger charge is -2.14. The van der Waals surface area contributed by atoms with Gasteiger partial charge in [-0.3, -0.25) is 4.81 Å². The molecule has 2 rings (SSSR count). The molecule has 0 aromatic carbocycles. The highest BCUT2D eigenvalue weighted by molar-refractivity contribution is 6.28. The zero-order valence-electron chi connectivity index (χ0n) is 12.8. The predicted octanol–water partition coefficient (Wildman–Crippen LogP) is 1.38. The van der Waals surface area contributed by atoms with E-state index in [1.54, 1.807) is 0 Å². The van der Waals surface area contributed by atoms with Crippen LogP contribution in [0, 0.1) is 0 Å². The minimum Gasteiger partial charge on any atom is -0.420 e. The molecular weight excluding hydrogens is 235 g/mol. The smallest absolute Gasteiger partial charge is 0.346 e. The van der Waals surface area contributed by atoms with Crippen molar-refractivity contribution in [2.75, 3.05) is 0 Å². The molecule has 1 aliphatic rings. The molecule has 0 atom stereocenters. The Morgan fingerprint density at radius 3 is 2.16 bits per heavy atom. The number of imidazole rings is 1. The van der Waals surface area contributed by atoms with E-state index in [1.165, 1.54) is 0 Å². The normalized spacial score (nSPS) is 17.1. The van der Waals surface area contributed by atoms with Crippen molar-refractivity contribution in [1.82, 2.24) is 9.38 Å². The molecule has 1 aromatic heterocycles. The van der Waals surface area contributed by atoms with Gasteiger partial charge < -0.3 is 4.48 Å². The Morgan fingerprint density at radius 2 is 1.68 bits per heavy atom. The molecule has 2 heterocycles. The van der Waals surface area contributed by atoms with E-state index < -0.39 is 0 Å². The van der Waals surface area contributed by atoms with Crippen LogP contribution < -0.4 is 9.29 Å². The van der Waals surface area contributed by atoms with Gasteiger partial charge in [-0.25, -0.2) is 4.57 Å². The summed E-state index contributed by atoms with van der Waals surface area (Å²) in [7, 11) is 2.06. The second kappa shape index (κ2) is 4.64. The largest absolute Gasteiger partial charge is 0.420 e. The van der Waals surface area contributed by atoms with Gasteiger partial charge in [0.1, 0.15) is 11.7 Å². The van der Waals surface area contributed by atoms with Crippen molar-refractivity contribution in [1.29, 1.82) is 0 Å². The van der Waals surface area contributed by atoms with E-state index in [2.05, 4.69) is 105 Å². The minimum absolute atomic E-state index is 0.112. The van der Waals surface area contributed by atoms with Gasteiger partial charge in [0.05, 0.1) is 6.20 Å². The van der Waals surface area contributed by atoms with Gasteiger partial charge in [0.2, 0.25) is 6.20 Å². The Kier molecular flexibility index (Phi) is 3.43. The van der Waals surface area contributed by atoms with Crippen LogP contribution in [-0.2, 0) is 5.54 Å². The molecule has 0 N–H and O–H groups in total. The second-order valence-corrected chi connectivity index (χ2v) is 6.99. The summed E-state index contributed by atoms with van der Waals surface area (Å²) in [6, 6.07) is 0. The zero-order chi connectivity index (χ0) is 14.3. The fourth-order valence-electron chi connectivity index (χ4n) is 1.82. The van der Waals surface area contributed by atoms with Crippen LogP contribution in [0.5, 0.6) is 0 Å². The SMILES string of the molecule is CC(C)(C)n1cc[n+]([B-][N+]2C=C[N+](C(C)(C)C)=C2)c1. The van der Waals surface area contributed by atoms with E-state index >= 15 is 0 Å². The topological polar surface area (TPSA) is 17.7 Å². The van der Waals surface area contributed by atoms with Crippen LogP contribution in [0.3, 0.4) is 0 Å². The second-order valence-electron chi connectivity index (χ2n) is 6.99. The highest BCUT2D eigenvalue weighted by Crippen LogP contribution is 2.11. The molecule has 1 aliphatic heterocycles. The summed E-state index contributed by atoms with van der Waals surface area (Å²) < 4.78 is 6.47. The van der Waals surface area contributed by atoms with Crippen molar-refractivity contribution >= 4 is 13.9 Å². The molecule has 0 aliphatic carbocycles. The van der Waals surface area contributed by atoms with Gasteiger partial charge in [-0.15, -0.1) is 4.58 Å². The van der Waals surface area contributed by atoms with Crippen LogP contribution in [0.1, 0.15) is 41.5 Å². The summed E-state index contributed by atoms with van der Waals surface area (Å²) in [5.74, 6) is 0. The standard InChI is InChI=1S/C14H24BN4/c1-13(2,3)16-7-9-18(11-16)15-19-10-8-17(12-19)14(4,5)6/h7-12H,1-6H3/q+2. The summed E-state index contributed by atoms with van der Waals surface area (Å²) in [6.07, 6.45) is 12.5. The maximum atomic E-state index is 2.20. The molecule has 3 radical (unpaired) electrons. The first-order chi connectivity index (χ1) is 8.66. The van der Waals surface area contributed by atoms with E-state index in [0.717, 1.165) is 0 Å². The molecule has 0 saturated heterocycles. The molecule has 19 heavy (non-hydrogen) atoms. The van der Waals surface area contributed by atoms with Gasteiger partial charge in [0.25, 0.3) is 0 Å². The molecule has 0 unspecified atom stereocenters. The average Bonchev–Trinajstić information content (AvgIpc) is 2.84. The average molecular weight is 259 g/mol. The first-order valence-corrected chi connectivity index (χ1v) is 6.70. The predicted molar refractivity (Wildman–Crippen MR) is 78.1 cm³/mol. The first-order valence-electron chi connectivity index (χ1n) is 6.70. The molecule has 0 spiro atoms. The highest BCUT2D eigenvalue weighted by atomic mass is 15.3. The first kappa shape index (κ1) is 14.1. The summed E-state index contributed by atoms with van der Waals surface area (Å²) in [6.45, 7) is 13.2. The Labute approximate surface area is 116 Å². The van der Waals surface area contributed by atoms with Gasteiger partial charge in [-0.1, -0.05) is 0 Å². The lowest BCUT2D eigenvalue weighted by atomic mass is 10.1. The van der Waals surface area contributed by atoms with Gasteiger partial charge in [-0.05, 0) is 20.8 Å². The van der Waals surface area contributed by atoms with E-state index in [1.807, 2.05) is 0 Å². The van der Waals surface area contributed by atoms with E-state index in [-0.39, 0.29) is 11.1 Å².